The van der Waals surface area contributed by atoms with Crippen molar-refractivity contribution in [2.24, 2.45) is 0 Å². The first-order valence-electron chi connectivity index (χ1n) is 8.40. The second kappa shape index (κ2) is 7.41. The first-order valence-corrected chi connectivity index (χ1v) is 9.84. The number of rotatable bonds is 5. The normalized spacial score (nSPS) is 15.9. The van der Waals surface area contributed by atoms with Gasteiger partial charge in [0.2, 0.25) is 10.0 Å². The molecule has 1 aromatic carbocycles. The van der Waals surface area contributed by atoms with Crippen molar-refractivity contribution in [3.63, 3.8) is 0 Å². The Hall–Kier alpha value is -2.12. The van der Waals surface area contributed by atoms with Gasteiger partial charge in [0.1, 0.15) is 5.76 Å². The summed E-state index contributed by atoms with van der Waals surface area (Å²) >= 11 is 0. The molecule has 1 fully saturated rings. The highest BCUT2D eigenvalue weighted by Crippen LogP contribution is 2.23. The average Bonchev–Trinajstić information content (AvgIpc) is 3.14. The monoisotopic (exact) mass is 362 g/mol. The number of hydrogen-bond acceptors (Lipinski definition) is 4. The van der Waals surface area contributed by atoms with E-state index in [0.29, 0.717) is 24.4 Å². The van der Waals surface area contributed by atoms with Gasteiger partial charge in [-0.15, -0.1) is 0 Å². The molecule has 6 nitrogen and oxygen atoms in total. The number of nitrogens with one attached hydrogen (secondary N) is 1. The Morgan fingerprint density at radius 2 is 1.96 bits per heavy atom. The molecule has 7 heteroatoms. The Kier molecular flexibility index (Phi) is 5.24. The topological polar surface area (TPSA) is 79.6 Å². The number of benzene rings is 1. The number of piperidine rings is 1. The largest absolute Gasteiger partial charge is 0.467 e. The van der Waals surface area contributed by atoms with E-state index >= 15 is 0 Å². The molecule has 2 heterocycles. The lowest BCUT2D eigenvalue weighted by atomic mass is 10.1. The van der Waals surface area contributed by atoms with E-state index in [1.54, 1.807) is 37.5 Å². The zero-order valence-electron chi connectivity index (χ0n) is 14.2. The number of aryl methyl sites for hydroxylation is 1. The smallest absolute Gasteiger partial charge is 0.251 e. The lowest BCUT2D eigenvalue weighted by Gasteiger charge is -2.26. The molecule has 0 aliphatic carbocycles. The van der Waals surface area contributed by atoms with E-state index in [1.807, 2.05) is 0 Å². The molecule has 0 bridgehead atoms. The van der Waals surface area contributed by atoms with Crippen LogP contribution in [-0.4, -0.2) is 31.7 Å². The van der Waals surface area contributed by atoms with Crippen LogP contribution in [0.3, 0.4) is 0 Å². The molecule has 1 N–H and O–H groups in total. The van der Waals surface area contributed by atoms with Crippen LogP contribution in [0.15, 0.2) is 45.9 Å². The second-order valence-corrected chi connectivity index (χ2v) is 8.14. The van der Waals surface area contributed by atoms with Crippen molar-refractivity contribution in [3.8, 4) is 0 Å². The highest BCUT2D eigenvalue weighted by atomic mass is 32.2. The van der Waals surface area contributed by atoms with Crippen molar-refractivity contribution >= 4 is 15.9 Å². The van der Waals surface area contributed by atoms with Crippen molar-refractivity contribution in [1.29, 1.82) is 0 Å². The molecular weight excluding hydrogens is 340 g/mol. The fourth-order valence-corrected chi connectivity index (χ4v) is 4.48. The summed E-state index contributed by atoms with van der Waals surface area (Å²) in [6, 6.07) is 8.24. The first kappa shape index (κ1) is 17.7. The maximum atomic E-state index is 12.8. The van der Waals surface area contributed by atoms with Crippen LogP contribution in [-0.2, 0) is 16.6 Å². The third kappa shape index (κ3) is 3.93. The quantitative estimate of drug-likeness (QED) is 0.887. The number of carbonyl (C=O) groups is 1. The van der Waals surface area contributed by atoms with Crippen molar-refractivity contribution in [2.75, 3.05) is 13.1 Å². The third-order valence-corrected chi connectivity index (χ3v) is 6.30. The van der Waals surface area contributed by atoms with E-state index in [-0.39, 0.29) is 17.3 Å². The molecular formula is C18H22N2O4S. The van der Waals surface area contributed by atoms with Crippen LogP contribution in [0.2, 0.25) is 0 Å². The molecule has 1 aromatic heterocycles. The van der Waals surface area contributed by atoms with Gasteiger partial charge < -0.3 is 9.73 Å². The van der Waals surface area contributed by atoms with Gasteiger partial charge in [0.25, 0.3) is 5.91 Å². The lowest BCUT2D eigenvalue weighted by Crippen LogP contribution is -2.35. The van der Waals surface area contributed by atoms with Gasteiger partial charge in [-0.1, -0.05) is 12.5 Å². The number of nitrogens with zero attached hydrogens (tertiary/aromatic N) is 1. The minimum absolute atomic E-state index is 0.170. The summed E-state index contributed by atoms with van der Waals surface area (Å²) in [5, 5.41) is 2.76. The maximum absolute atomic E-state index is 12.8. The SMILES string of the molecule is Cc1ccc(S(=O)(=O)N2CCCCC2)cc1C(=O)NCc1ccco1. The zero-order chi connectivity index (χ0) is 17.9. The third-order valence-electron chi connectivity index (χ3n) is 4.41. The van der Waals surface area contributed by atoms with Gasteiger partial charge >= 0.3 is 0 Å². The summed E-state index contributed by atoms with van der Waals surface area (Å²) in [6.45, 7) is 3.12. The van der Waals surface area contributed by atoms with E-state index in [0.717, 1.165) is 24.8 Å². The minimum Gasteiger partial charge on any atom is -0.467 e. The van der Waals surface area contributed by atoms with E-state index in [4.69, 9.17) is 4.42 Å². The van der Waals surface area contributed by atoms with Gasteiger partial charge in [0, 0.05) is 18.7 Å². The summed E-state index contributed by atoms with van der Waals surface area (Å²) in [4.78, 5) is 12.6. The molecule has 0 radical (unpaired) electrons. The van der Waals surface area contributed by atoms with Crippen molar-refractivity contribution in [2.45, 2.75) is 37.6 Å². The number of hydrogen-bond donors (Lipinski definition) is 1. The van der Waals surface area contributed by atoms with Crippen LogP contribution in [0.1, 0.15) is 40.9 Å². The summed E-state index contributed by atoms with van der Waals surface area (Å²) in [5.41, 5.74) is 1.10. The number of sulfonamides is 1. The zero-order valence-corrected chi connectivity index (χ0v) is 15.0. The van der Waals surface area contributed by atoms with Crippen molar-refractivity contribution in [1.82, 2.24) is 9.62 Å². The molecule has 0 atom stereocenters. The van der Waals surface area contributed by atoms with Crippen LogP contribution >= 0.6 is 0 Å². The summed E-state index contributed by atoms with van der Waals surface area (Å²) < 4.78 is 32.3. The van der Waals surface area contributed by atoms with Crippen molar-refractivity contribution in [3.05, 3.63) is 53.5 Å². The Bertz CT molecular complexity index is 838. The highest BCUT2D eigenvalue weighted by Gasteiger charge is 2.27. The number of amides is 1. The Morgan fingerprint density at radius 1 is 1.20 bits per heavy atom. The van der Waals surface area contributed by atoms with E-state index in [1.165, 1.54) is 10.4 Å². The van der Waals surface area contributed by atoms with Crippen molar-refractivity contribution < 1.29 is 17.6 Å². The van der Waals surface area contributed by atoms with Gasteiger partial charge in [-0.25, -0.2) is 8.42 Å². The predicted octanol–water partition coefficient (Wildman–Crippen LogP) is 2.69. The van der Waals surface area contributed by atoms with Crippen LogP contribution in [0.5, 0.6) is 0 Å². The van der Waals surface area contributed by atoms with Crippen LogP contribution in [0, 0.1) is 6.92 Å². The van der Waals surface area contributed by atoms with Crippen LogP contribution in [0.4, 0.5) is 0 Å². The molecule has 1 amide bonds. The van der Waals surface area contributed by atoms with E-state index in [9.17, 15) is 13.2 Å². The second-order valence-electron chi connectivity index (χ2n) is 6.20. The summed E-state index contributed by atoms with van der Waals surface area (Å²) in [7, 11) is -3.56. The molecule has 0 unspecified atom stereocenters. The molecule has 0 spiro atoms. The highest BCUT2D eigenvalue weighted by molar-refractivity contribution is 7.89. The molecule has 2 aromatic rings. The molecule has 1 aliphatic rings. The van der Waals surface area contributed by atoms with Gasteiger partial charge in [0.15, 0.2) is 0 Å². The fraction of sp³-hybridized carbons (Fsp3) is 0.389. The Balaban J connectivity index is 1.81. The predicted molar refractivity (Wildman–Crippen MR) is 93.7 cm³/mol. The molecule has 3 rings (SSSR count). The van der Waals surface area contributed by atoms with Gasteiger partial charge in [0.05, 0.1) is 17.7 Å². The minimum atomic E-state index is -3.56. The Labute approximate surface area is 147 Å². The molecule has 0 saturated carbocycles. The molecule has 1 saturated heterocycles. The van der Waals surface area contributed by atoms with Gasteiger partial charge in [-0.2, -0.15) is 4.31 Å². The van der Waals surface area contributed by atoms with Crippen LogP contribution in [0.25, 0.3) is 0 Å². The molecule has 1 aliphatic heterocycles. The Morgan fingerprint density at radius 3 is 2.64 bits per heavy atom. The maximum Gasteiger partial charge on any atom is 0.251 e. The van der Waals surface area contributed by atoms with E-state index < -0.39 is 10.0 Å². The van der Waals surface area contributed by atoms with E-state index in [2.05, 4.69) is 5.32 Å². The summed E-state index contributed by atoms with van der Waals surface area (Å²) in [5.74, 6) is 0.327. The number of carbonyl (C=O) groups excluding carboxylic acids is 1. The lowest BCUT2D eigenvalue weighted by molar-refractivity contribution is 0.0947. The fourth-order valence-electron chi connectivity index (χ4n) is 2.94. The molecule has 134 valence electrons. The van der Waals surface area contributed by atoms with Gasteiger partial charge in [-0.05, 0) is 49.6 Å². The van der Waals surface area contributed by atoms with Crippen LogP contribution < -0.4 is 5.32 Å². The molecule has 25 heavy (non-hydrogen) atoms. The first-order chi connectivity index (χ1) is 12.0. The van der Waals surface area contributed by atoms with Gasteiger partial charge in [-0.3, -0.25) is 4.79 Å². The summed E-state index contributed by atoms with van der Waals surface area (Å²) in [6.07, 6.45) is 4.35. The average molecular weight is 362 g/mol. The standard InChI is InChI=1S/C18H22N2O4S/c1-14-7-8-16(25(22,23)20-9-3-2-4-10-20)12-17(14)18(21)19-13-15-6-5-11-24-15/h5-8,11-12H,2-4,9-10,13H2,1H3,(H,19,21). The number of furan rings is 1.